The van der Waals surface area contributed by atoms with Gasteiger partial charge in [0, 0.05) is 41.2 Å². The van der Waals surface area contributed by atoms with Gasteiger partial charge in [0.25, 0.3) is 11.8 Å². The molecule has 0 bridgehead atoms. The van der Waals surface area contributed by atoms with Gasteiger partial charge in [-0.05, 0) is 60.9 Å². The molecular formula is C32H26ClFN4O3. The zero-order chi connectivity index (χ0) is 28.6. The van der Waals surface area contributed by atoms with Crippen LogP contribution in [0.4, 0.5) is 15.8 Å². The smallest absolute Gasteiger partial charge is 0.258 e. The maximum Gasteiger partial charge on any atom is 0.258 e. The normalized spacial score (nSPS) is 17.6. The number of carbonyl (C=O) groups is 2. The van der Waals surface area contributed by atoms with Crippen molar-refractivity contribution in [2.45, 2.75) is 12.8 Å². The predicted octanol–water partition coefficient (Wildman–Crippen LogP) is 6.70. The molecule has 3 aromatic carbocycles. The van der Waals surface area contributed by atoms with E-state index in [0.717, 1.165) is 41.6 Å². The van der Waals surface area contributed by atoms with Gasteiger partial charge in [-0.25, -0.2) is 9.37 Å². The van der Waals surface area contributed by atoms with Crippen LogP contribution in [0, 0.1) is 11.2 Å². The largest absolute Gasteiger partial charge is 0.495 e. The summed E-state index contributed by atoms with van der Waals surface area (Å²) in [6.45, 7) is 0.501. The standard InChI is InChI=1S/C32H26ClFN4O3/c1-41-28-16-20(6-9-26(28)37-30(39)24-17-23(34)7-8-25(24)33)31(40)38-15-12-32(18-21-4-2-3-5-27(21)38)11-10-22(19-32)29-35-13-14-36-29/h2-11,13-14,16-17,19H,12,15,18H2,1H3,(H,35,36)(H,37,39)/t32-/m0/s1. The third kappa shape index (κ3) is 5.14. The molecule has 2 heterocycles. The number of benzene rings is 3. The summed E-state index contributed by atoms with van der Waals surface area (Å²) in [7, 11) is 1.45. The Kier molecular flexibility index (Phi) is 6.93. The number of halogens is 2. The van der Waals surface area contributed by atoms with Crippen LogP contribution in [0.1, 0.15) is 38.5 Å². The number of ether oxygens (including phenoxy) is 1. The number of methoxy groups -OCH3 is 1. The molecular weight excluding hydrogens is 543 g/mol. The molecule has 4 aromatic rings. The minimum atomic E-state index is -0.592. The Morgan fingerprint density at radius 2 is 2.00 bits per heavy atom. The predicted molar refractivity (Wildman–Crippen MR) is 157 cm³/mol. The highest BCUT2D eigenvalue weighted by molar-refractivity contribution is 6.34. The van der Waals surface area contributed by atoms with Gasteiger partial charge >= 0.3 is 0 Å². The van der Waals surface area contributed by atoms with Crippen LogP contribution in [-0.2, 0) is 6.42 Å². The lowest BCUT2D eigenvalue weighted by atomic mass is 9.80. The SMILES string of the molecule is COc1cc(C(=O)N2CC[C@@]3(C=CC(c4ncc[nH]4)=C3)Cc3ccccc32)ccc1NC(=O)c1cc(F)ccc1Cl. The van der Waals surface area contributed by atoms with Crippen LogP contribution >= 0.6 is 11.6 Å². The molecule has 1 spiro atoms. The number of nitrogens with zero attached hydrogens (tertiary/aromatic N) is 2. The van der Waals surface area contributed by atoms with E-state index in [1.807, 2.05) is 18.2 Å². The van der Waals surface area contributed by atoms with Crippen molar-refractivity contribution < 1.29 is 18.7 Å². The van der Waals surface area contributed by atoms with Crippen molar-refractivity contribution in [3.05, 3.63) is 125 Å². The van der Waals surface area contributed by atoms with E-state index in [9.17, 15) is 14.0 Å². The average Bonchev–Trinajstić information content (AvgIpc) is 3.63. The Hall–Kier alpha value is -4.69. The van der Waals surface area contributed by atoms with E-state index < -0.39 is 11.7 Å². The van der Waals surface area contributed by atoms with E-state index in [4.69, 9.17) is 16.3 Å². The van der Waals surface area contributed by atoms with Crippen LogP contribution in [0.3, 0.4) is 0 Å². The second kappa shape index (κ2) is 10.7. The Morgan fingerprint density at radius 3 is 2.80 bits per heavy atom. The maximum atomic E-state index is 14.0. The summed E-state index contributed by atoms with van der Waals surface area (Å²) >= 11 is 6.10. The molecule has 0 radical (unpaired) electrons. The van der Waals surface area contributed by atoms with E-state index in [1.54, 1.807) is 35.5 Å². The number of hydrogen-bond donors (Lipinski definition) is 2. The minimum Gasteiger partial charge on any atom is -0.495 e. The summed E-state index contributed by atoms with van der Waals surface area (Å²) in [6, 6.07) is 16.4. The first-order chi connectivity index (χ1) is 19.9. The summed E-state index contributed by atoms with van der Waals surface area (Å²) in [5.41, 5.74) is 3.46. The third-order valence-corrected chi connectivity index (χ3v) is 7.86. The number of H-pyrrole nitrogens is 1. The number of carbonyl (C=O) groups excluding carboxylic acids is 2. The summed E-state index contributed by atoms with van der Waals surface area (Å²) < 4.78 is 19.2. The van der Waals surface area contributed by atoms with Crippen LogP contribution in [0.5, 0.6) is 5.75 Å². The molecule has 0 fully saturated rings. The van der Waals surface area contributed by atoms with E-state index in [0.29, 0.717) is 23.5 Å². The molecule has 41 heavy (non-hydrogen) atoms. The number of fused-ring (bicyclic) bond motifs is 1. The highest BCUT2D eigenvalue weighted by Crippen LogP contribution is 2.44. The second-order valence-electron chi connectivity index (χ2n) is 10.1. The number of hydrogen-bond acceptors (Lipinski definition) is 4. The van der Waals surface area contributed by atoms with Gasteiger partial charge in [-0.3, -0.25) is 9.59 Å². The highest BCUT2D eigenvalue weighted by Gasteiger charge is 2.36. The molecule has 2 N–H and O–H groups in total. The number of amides is 2. The number of allylic oxidation sites excluding steroid dienone is 4. The molecule has 0 saturated carbocycles. The Labute approximate surface area is 241 Å². The van der Waals surface area contributed by atoms with Gasteiger partial charge < -0.3 is 19.9 Å². The quantitative estimate of drug-likeness (QED) is 0.281. The first-order valence-corrected chi connectivity index (χ1v) is 13.5. The zero-order valence-corrected chi connectivity index (χ0v) is 22.9. The Balaban J connectivity index is 1.27. The molecule has 206 valence electrons. The van der Waals surface area contributed by atoms with Gasteiger partial charge in [0.15, 0.2) is 0 Å². The minimum absolute atomic E-state index is 0.00538. The van der Waals surface area contributed by atoms with E-state index in [2.05, 4.69) is 39.6 Å². The fourth-order valence-corrected chi connectivity index (χ4v) is 5.66. The van der Waals surface area contributed by atoms with Crippen molar-refractivity contribution in [2.75, 3.05) is 23.9 Å². The van der Waals surface area contributed by atoms with Gasteiger partial charge in [0.2, 0.25) is 0 Å². The number of anilines is 2. The van der Waals surface area contributed by atoms with Crippen molar-refractivity contribution in [1.82, 2.24) is 9.97 Å². The van der Waals surface area contributed by atoms with Crippen LogP contribution in [0.25, 0.3) is 5.57 Å². The number of rotatable bonds is 5. The topological polar surface area (TPSA) is 87.3 Å². The van der Waals surface area contributed by atoms with Crippen LogP contribution < -0.4 is 15.0 Å². The molecule has 2 aliphatic rings. The molecule has 0 unspecified atom stereocenters. The lowest BCUT2D eigenvalue weighted by Gasteiger charge is -2.25. The molecule has 1 aliphatic heterocycles. The molecule has 1 atom stereocenters. The van der Waals surface area contributed by atoms with Gasteiger partial charge in [-0.1, -0.05) is 48.0 Å². The first-order valence-electron chi connectivity index (χ1n) is 13.1. The summed E-state index contributed by atoms with van der Waals surface area (Å²) in [5.74, 6) is -0.238. The molecule has 1 aromatic heterocycles. The fraction of sp³-hybridized carbons (Fsp3) is 0.156. The second-order valence-corrected chi connectivity index (χ2v) is 10.5. The molecule has 0 saturated heterocycles. The fourth-order valence-electron chi connectivity index (χ4n) is 5.46. The number of aromatic amines is 1. The average molecular weight is 569 g/mol. The molecule has 9 heteroatoms. The van der Waals surface area contributed by atoms with E-state index >= 15 is 0 Å². The number of imidazole rings is 1. The van der Waals surface area contributed by atoms with Crippen LogP contribution in [-0.4, -0.2) is 35.4 Å². The van der Waals surface area contributed by atoms with Crippen molar-refractivity contribution in [3.8, 4) is 5.75 Å². The van der Waals surface area contributed by atoms with Crippen molar-refractivity contribution in [3.63, 3.8) is 0 Å². The number of para-hydroxylation sites is 1. The van der Waals surface area contributed by atoms with Crippen molar-refractivity contribution >= 4 is 40.4 Å². The van der Waals surface area contributed by atoms with Crippen LogP contribution in [0.2, 0.25) is 5.02 Å². The Bertz CT molecular complexity index is 1720. The lowest BCUT2D eigenvalue weighted by molar-refractivity contribution is 0.0984. The molecule has 7 nitrogen and oxygen atoms in total. The number of aromatic nitrogens is 2. The lowest BCUT2D eigenvalue weighted by Crippen LogP contribution is -2.33. The van der Waals surface area contributed by atoms with Gasteiger partial charge in [0.1, 0.15) is 17.4 Å². The van der Waals surface area contributed by atoms with Gasteiger partial charge in [-0.15, -0.1) is 0 Å². The highest BCUT2D eigenvalue weighted by atomic mass is 35.5. The van der Waals surface area contributed by atoms with Gasteiger partial charge in [0.05, 0.1) is 23.4 Å². The molecule has 1 aliphatic carbocycles. The van der Waals surface area contributed by atoms with E-state index in [1.165, 1.54) is 19.2 Å². The monoisotopic (exact) mass is 568 g/mol. The van der Waals surface area contributed by atoms with E-state index in [-0.39, 0.29) is 21.9 Å². The first kappa shape index (κ1) is 26.5. The third-order valence-electron chi connectivity index (χ3n) is 7.53. The Morgan fingerprint density at radius 1 is 1.15 bits per heavy atom. The number of nitrogens with one attached hydrogen (secondary N) is 2. The molecule has 6 rings (SSSR count). The summed E-state index contributed by atoms with van der Waals surface area (Å²) in [4.78, 5) is 36.1. The zero-order valence-electron chi connectivity index (χ0n) is 22.2. The van der Waals surface area contributed by atoms with Crippen LogP contribution in [0.15, 0.2) is 91.3 Å². The summed E-state index contributed by atoms with van der Waals surface area (Å²) in [6.07, 6.45) is 11.6. The molecule has 2 amide bonds. The summed E-state index contributed by atoms with van der Waals surface area (Å²) in [5, 5.41) is 2.82. The maximum absolute atomic E-state index is 14.0. The van der Waals surface area contributed by atoms with Gasteiger partial charge in [-0.2, -0.15) is 0 Å². The van der Waals surface area contributed by atoms with Crippen molar-refractivity contribution in [1.29, 1.82) is 0 Å². The van der Waals surface area contributed by atoms with Crippen molar-refractivity contribution in [2.24, 2.45) is 5.41 Å².